The van der Waals surface area contributed by atoms with Gasteiger partial charge in [0, 0.05) is 30.8 Å². The van der Waals surface area contributed by atoms with Gasteiger partial charge in [-0.2, -0.15) is 13.2 Å². The maximum atomic E-state index is 12.9. The van der Waals surface area contributed by atoms with Crippen LogP contribution >= 0.6 is 0 Å². The lowest BCUT2D eigenvalue weighted by Crippen LogP contribution is -2.41. The zero-order chi connectivity index (χ0) is 24.7. The summed E-state index contributed by atoms with van der Waals surface area (Å²) in [4.78, 5) is 19.1. The van der Waals surface area contributed by atoms with Crippen LogP contribution in [0.25, 0.3) is 10.8 Å². The van der Waals surface area contributed by atoms with Crippen LogP contribution < -0.4 is 5.46 Å². The largest absolute Gasteiger partial charge is 0.494 e. The molecule has 0 atom stereocenters. The monoisotopic (exact) mass is 476 g/mol. The molecule has 1 aromatic heterocycles. The summed E-state index contributed by atoms with van der Waals surface area (Å²) in [5.41, 5.74) is 0.763. The number of pyridine rings is 1. The van der Waals surface area contributed by atoms with E-state index in [4.69, 9.17) is 9.31 Å². The van der Waals surface area contributed by atoms with Gasteiger partial charge in [-0.3, -0.25) is 9.78 Å². The Balaban J connectivity index is 1.39. The SMILES string of the molecule is CC1(C)OB(c2ccc3cnc(CC(=O)C4CCN(CCC(F)(F)F)CC4)cc3c2)OC1(C)C. The Morgan fingerprint density at radius 3 is 2.35 bits per heavy atom. The van der Waals surface area contributed by atoms with E-state index in [1.165, 1.54) is 0 Å². The molecular weight excluding hydrogens is 444 g/mol. The van der Waals surface area contributed by atoms with Gasteiger partial charge in [0.15, 0.2) is 0 Å². The number of Topliss-reactive ketones (excluding diaryl/α,β-unsaturated/α-hetero) is 1. The smallest absolute Gasteiger partial charge is 0.399 e. The van der Waals surface area contributed by atoms with Crippen molar-refractivity contribution in [3.05, 3.63) is 36.2 Å². The summed E-state index contributed by atoms with van der Waals surface area (Å²) < 4.78 is 49.7. The highest BCUT2D eigenvalue weighted by molar-refractivity contribution is 6.62. The summed E-state index contributed by atoms with van der Waals surface area (Å²) in [7, 11) is -0.463. The summed E-state index contributed by atoms with van der Waals surface area (Å²) in [6.07, 6.45) is -1.76. The molecule has 2 fully saturated rings. The zero-order valence-electron chi connectivity index (χ0n) is 20.2. The van der Waals surface area contributed by atoms with Gasteiger partial charge in [-0.1, -0.05) is 18.2 Å². The number of fused-ring (bicyclic) bond motifs is 1. The number of carbonyl (C=O) groups is 1. The number of nitrogens with zero attached hydrogens (tertiary/aromatic N) is 2. The van der Waals surface area contributed by atoms with Gasteiger partial charge in [0.1, 0.15) is 5.78 Å². The normalized spacial score (nSPS) is 21.3. The third kappa shape index (κ3) is 5.63. The Morgan fingerprint density at radius 2 is 1.74 bits per heavy atom. The van der Waals surface area contributed by atoms with Crippen LogP contribution in [0.3, 0.4) is 0 Å². The lowest BCUT2D eigenvalue weighted by atomic mass is 9.78. The van der Waals surface area contributed by atoms with Crippen molar-refractivity contribution in [1.82, 2.24) is 9.88 Å². The topological polar surface area (TPSA) is 51.7 Å². The molecule has 0 radical (unpaired) electrons. The zero-order valence-corrected chi connectivity index (χ0v) is 20.2. The van der Waals surface area contributed by atoms with Crippen LogP contribution in [-0.2, 0) is 20.5 Å². The molecule has 9 heteroatoms. The summed E-state index contributed by atoms with van der Waals surface area (Å²) >= 11 is 0. The molecule has 1 aromatic carbocycles. The Labute approximate surface area is 199 Å². The standard InChI is InChI=1S/C25H32BF3N2O3/c1-23(2)24(3,4)34-26(33-23)20-6-5-18-16-30-21(14-19(18)13-20)15-22(32)17-7-10-31(11-8-17)12-9-25(27,28)29/h5-6,13-14,16-17H,7-12,15H2,1-4H3. The van der Waals surface area contributed by atoms with E-state index in [0.29, 0.717) is 31.6 Å². The van der Waals surface area contributed by atoms with Crippen molar-refractivity contribution in [2.45, 2.75) is 70.8 Å². The second kappa shape index (κ2) is 9.24. The van der Waals surface area contributed by atoms with Crippen LogP contribution in [0.4, 0.5) is 13.2 Å². The predicted octanol–water partition coefficient (Wildman–Crippen LogP) is 4.31. The second-order valence-corrected chi connectivity index (χ2v) is 10.5. The van der Waals surface area contributed by atoms with Gasteiger partial charge in [-0.15, -0.1) is 0 Å². The second-order valence-electron chi connectivity index (χ2n) is 10.5. The molecule has 184 valence electrons. The molecule has 5 nitrogen and oxygen atoms in total. The van der Waals surface area contributed by atoms with Crippen molar-refractivity contribution in [2.24, 2.45) is 5.92 Å². The predicted molar refractivity (Wildman–Crippen MR) is 126 cm³/mol. The number of likely N-dealkylation sites (tertiary alicyclic amines) is 1. The van der Waals surface area contributed by atoms with Crippen LogP contribution in [-0.4, -0.2) is 59.8 Å². The fourth-order valence-electron chi connectivity index (χ4n) is 4.51. The maximum absolute atomic E-state index is 12.9. The molecular formula is C25H32BF3N2O3. The van der Waals surface area contributed by atoms with Crippen molar-refractivity contribution in [1.29, 1.82) is 0 Å². The van der Waals surface area contributed by atoms with Crippen LogP contribution in [0.2, 0.25) is 0 Å². The number of benzene rings is 1. The van der Waals surface area contributed by atoms with E-state index >= 15 is 0 Å². The van der Waals surface area contributed by atoms with Gasteiger partial charge in [0.2, 0.25) is 0 Å². The van der Waals surface area contributed by atoms with Gasteiger partial charge in [0.05, 0.1) is 17.6 Å². The van der Waals surface area contributed by atoms with E-state index in [2.05, 4.69) is 4.98 Å². The number of aromatic nitrogens is 1. The lowest BCUT2D eigenvalue weighted by molar-refractivity contribution is -0.139. The first kappa shape index (κ1) is 25.1. The Kier molecular flexibility index (Phi) is 6.83. The summed E-state index contributed by atoms with van der Waals surface area (Å²) in [6.45, 7) is 9.11. The van der Waals surface area contributed by atoms with Crippen LogP contribution in [0, 0.1) is 5.92 Å². The average Bonchev–Trinajstić information content (AvgIpc) is 2.98. The molecule has 0 saturated carbocycles. The molecule has 2 aliphatic heterocycles. The van der Waals surface area contributed by atoms with Crippen LogP contribution in [0.15, 0.2) is 30.5 Å². The molecule has 0 amide bonds. The number of ketones is 1. The number of piperidine rings is 1. The quantitative estimate of drug-likeness (QED) is 0.582. The van der Waals surface area contributed by atoms with Crippen molar-refractivity contribution >= 4 is 29.1 Å². The fraction of sp³-hybridized carbons (Fsp3) is 0.600. The molecule has 2 saturated heterocycles. The summed E-state index contributed by atoms with van der Waals surface area (Å²) in [6, 6.07) is 7.90. The number of rotatable bonds is 6. The Morgan fingerprint density at radius 1 is 1.09 bits per heavy atom. The molecule has 4 rings (SSSR count). The fourth-order valence-corrected chi connectivity index (χ4v) is 4.51. The Hall–Kier alpha value is -1.97. The van der Waals surface area contributed by atoms with E-state index < -0.39 is 30.9 Å². The number of halogens is 3. The molecule has 0 aliphatic carbocycles. The van der Waals surface area contributed by atoms with Crippen molar-refractivity contribution in [2.75, 3.05) is 19.6 Å². The minimum atomic E-state index is -4.14. The molecule has 34 heavy (non-hydrogen) atoms. The molecule has 3 heterocycles. The molecule has 0 spiro atoms. The van der Waals surface area contributed by atoms with Gasteiger partial charge < -0.3 is 14.2 Å². The summed E-state index contributed by atoms with van der Waals surface area (Å²) in [5.74, 6) is -0.0276. The first-order valence-corrected chi connectivity index (χ1v) is 11.9. The van der Waals surface area contributed by atoms with Crippen molar-refractivity contribution in [3.8, 4) is 0 Å². The van der Waals surface area contributed by atoms with Gasteiger partial charge >= 0.3 is 13.3 Å². The minimum absolute atomic E-state index is 0.00175. The van der Waals surface area contributed by atoms with Gasteiger partial charge in [-0.05, 0) is 75.9 Å². The van der Waals surface area contributed by atoms with Gasteiger partial charge in [-0.25, -0.2) is 0 Å². The van der Waals surface area contributed by atoms with Crippen LogP contribution in [0.1, 0.15) is 52.7 Å². The first-order chi connectivity index (χ1) is 15.8. The first-order valence-electron chi connectivity index (χ1n) is 11.9. The van der Waals surface area contributed by atoms with Gasteiger partial charge in [0.25, 0.3) is 0 Å². The van der Waals surface area contributed by atoms with Crippen molar-refractivity contribution in [3.63, 3.8) is 0 Å². The summed E-state index contributed by atoms with van der Waals surface area (Å²) in [5, 5.41) is 1.93. The van der Waals surface area contributed by atoms with E-state index in [9.17, 15) is 18.0 Å². The number of hydrogen-bond acceptors (Lipinski definition) is 5. The maximum Gasteiger partial charge on any atom is 0.494 e. The van der Waals surface area contributed by atoms with E-state index in [1.54, 1.807) is 11.1 Å². The number of hydrogen-bond donors (Lipinski definition) is 0. The average molecular weight is 476 g/mol. The van der Waals surface area contributed by atoms with E-state index in [0.717, 1.165) is 16.2 Å². The van der Waals surface area contributed by atoms with E-state index in [-0.39, 0.29) is 24.7 Å². The third-order valence-electron chi connectivity index (χ3n) is 7.44. The molecule has 0 bridgehead atoms. The highest BCUT2D eigenvalue weighted by atomic mass is 19.4. The Bertz CT molecular complexity index is 1030. The number of carbonyl (C=O) groups excluding carboxylic acids is 1. The molecule has 0 unspecified atom stereocenters. The highest BCUT2D eigenvalue weighted by Crippen LogP contribution is 2.36. The molecule has 0 N–H and O–H groups in total. The van der Waals surface area contributed by atoms with E-state index in [1.807, 2.05) is 52.0 Å². The third-order valence-corrected chi connectivity index (χ3v) is 7.44. The van der Waals surface area contributed by atoms with Crippen molar-refractivity contribution < 1.29 is 27.3 Å². The highest BCUT2D eigenvalue weighted by Gasteiger charge is 2.51. The lowest BCUT2D eigenvalue weighted by Gasteiger charge is -2.32. The number of alkyl halides is 3. The molecule has 2 aromatic rings. The minimum Gasteiger partial charge on any atom is -0.399 e. The van der Waals surface area contributed by atoms with Crippen LogP contribution in [0.5, 0.6) is 0 Å². The molecule has 2 aliphatic rings.